The maximum absolute atomic E-state index is 5.88. The van der Waals surface area contributed by atoms with E-state index in [1.807, 2.05) is 14.0 Å². The summed E-state index contributed by atoms with van der Waals surface area (Å²) in [6, 6.07) is 0. The molecular formula is C12H19N5O. The predicted molar refractivity (Wildman–Crippen MR) is 69.8 cm³/mol. The van der Waals surface area contributed by atoms with E-state index < -0.39 is 0 Å². The lowest BCUT2D eigenvalue weighted by Gasteiger charge is -2.15. The molecule has 0 radical (unpaired) electrons. The summed E-state index contributed by atoms with van der Waals surface area (Å²) in [4.78, 5) is 8.65. The number of hydrogen-bond donors (Lipinski definition) is 1. The molecule has 2 aromatic rings. The van der Waals surface area contributed by atoms with Gasteiger partial charge >= 0.3 is 0 Å². The van der Waals surface area contributed by atoms with Crippen LogP contribution in [0.4, 0.5) is 5.82 Å². The minimum absolute atomic E-state index is 0.164. The number of aryl methyl sites for hydroxylation is 1. The van der Waals surface area contributed by atoms with Crippen LogP contribution in [0.25, 0.3) is 11.0 Å². The molecular weight excluding hydrogens is 230 g/mol. The van der Waals surface area contributed by atoms with Crippen LogP contribution in [-0.4, -0.2) is 25.9 Å². The van der Waals surface area contributed by atoms with Gasteiger partial charge in [0, 0.05) is 7.05 Å². The lowest BCUT2D eigenvalue weighted by atomic mass is 10.1. The molecule has 0 aliphatic carbocycles. The van der Waals surface area contributed by atoms with Gasteiger partial charge in [0.2, 0.25) is 0 Å². The molecule has 2 N–H and O–H groups in total. The number of nitrogens with zero attached hydrogens (tertiary/aromatic N) is 4. The minimum atomic E-state index is 0.164. The van der Waals surface area contributed by atoms with Crippen molar-refractivity contribution >= 4 is 16.9 Å². The monoisotopic (exact) mass is 249 g/mol. The van der Waals surface area contributed by atoms with E-state index in [4.69, 9.17) is 10.5 Å². The van der Waals surface area contributed by atoms with Crippen LogP contribution in [0.15, 0.2) is 6.20 Å². The van der Waals surface area contributed by atoms with E-state index in [9.17, 15) is 0 Å². The topological polar surface area (TPSA) is 78.9 Å². The number of hydrogen-bond acceptors (Lipinski definition) is 5. The SMILES string of the molecule is CC(C)C(C)OCc1nc(N)c2cnn(C)c2n1. The molecule has 0 aliphatic rings. The zero-order valence-corrected chi connectivity index (χ0v) is 11.2. The first kappa shape index (κ1) is 12.8. The summed E-state index contributed by atoms with van der Waals surface area (Å²) < 4.78 is 7.38. The second-order valence-electron chi connectivity index (χ2n) is 4.79. The van der Waals surface area contributed by atoms with Gasteiger partial charge in [-0.2, -0.15) is 5.10 Å². The highest BCUT2D eigenvalue weighted by atomic mass is 16.5. The van der Waals surface area contributed by atoms with Crippen molar-refractivity contribution in [3.63, 3.8) is 0 Å². The normalized spacial score (nSPS) is 13.4. The standard InChI is InChI=1S/C12H19N5O/c1-7(2)8(3)18-6-10-15-11(13)9-5-14-17(4)12(9)16-10/h5,7-8H,6H2,1-4H3,(H2,13,15,16). The number of rotatable bonds is 4. The zero-order chi connectivity index (χ0) is 13.3. The molecule has 6 nitrogen and oxygen atoms in total. The summed E-state index contributed by atoms with van der Waals surface area (Å²) in [7, 11) is 1.83. The maximum Gasteiger partial charge on any atom is 0.163 e. The Balaban J connectivity index is 2.21. The third-order valence-corrected chi connectivity index (χ3v) is 3.08. The zero-order valence-electron chi connectivity index (χ0n) is 11.2. The van der Waals surface area contributed by atoms with Gasteiger partial charge in [0.15, 0.2) is 11.5 Å². The van der Waals surface area contributed by atoms with E-state index in [-0.39, 0.29) is 6.10 Å². The lowest BCUT2D eigenvalue weighted by Crippen LogP contribution is -2.16. The van der Waals surface area contributed by atoms with Crippen molar-refractivity contribution in [2.75, 3.05) is 5.73 Å². The van der Waals surface area contributed by atoms with Crippen LogP contribution in [0.1, 0.15) is 26.6 Å². The Bertz CT molecular complexity index is 549. The van der Waals surface area contributed by atoms with Gasteiger partial charge in [0.05, 0.1) is 17.7 Å². The average molecular weight is 249 g/mol. The quantitative estimate of drug-likeness (QED) is 0.888. The summed E-state index contributed by atoms with van der Waals surface area (Å²) in [5, 5.41) is 4.89. The van der Waals surface area contributed by atoms with Crippen LogP contribution in [-0.2, 0) is 18.4 Å². The molecule has 0 aromatic carbocycles. The molecule has 6 heteroatoms. The number of aromatic nitrogens is 4. The van der Waals surface area contributed by atoms with Crippen molar-refractivity contribution in [1.29, 1.82) is 0 Å². The fourth-order valence-corrected chi connectivity index (χ4v) is 1.55. The fraction of sp³-hybridized carbons (Fsp3) is 0.583. The minimum Gasteiger partial charge on any atom is -0.383 e. The molecule has 1 unspecified atom stereocenters. The first-order chi connectivity index (χ1) is 8.49. The van der Waals surface area contributed by atoms with Crippen molar-refractivity contribution in [2.24, 2.45) is 13.0 Å². The molecule has 0 fully saturated rings. The number of ether oxygens (including phenoxy) is 1. The van der Waals surface area contributed by atoms with E-state index in [2.05, 4.69) is 28.9 Å². The van der Waals surface area contributed by atoms with Gasteiger partial charge in [-0.05, 0) is 12.8 Å². The Kier molecular flexibility index (Phi) is 3.47. The maximum atomic E-state index is 5.88. The van der Waals surface area contributed by atoms with E-state index in [1.165, 1.54) is 0 Å². The fourth-order valence-electron chi connectivity index (χ4n) is 1.55. The number of nitrogen functional groups attached to an aromatic ring is 1. The highest BCUT2D eigenvalue weighted by Crippen LogP contribution is 2.17. The molecule has 0 bridgehead atoms. The summed E-state index contributed by atoms with van der Waals surface area (Å²) in [5.74, 6) is 1.50. The lowest BCUT2D eigenvalue weighted by molar-refractivity contribution is 0.0201. The second kappa shape index (κ2) is 4.89. The van der Waals surface area contributed by atoms with Gasteiger partial charge in [0.25, 0.3) is 0 Å². The molecule has 2 heterocycles. The van der Waals surface area contributed by atoms with Gasteiger partial charge in [-0.25, -0.2) is 9.97 Å². The van der Waals surface area contributed by atoms with Crippen molar-refractivity contribution in [3.8, 4) is 0 Å². The molecule has 98 valence electrons. The van der Waals surface area contributed by atoms with Crippen molar-refractivity contribution in [3.05, 3.63) is 12.0 Å². The van der Waals surface area contributed by atoms with E-state index >= 15 is 0 Å². The molecule has 0 saturated heterocycles. The van der Waals surface area contributed by atoms with Gasteiger partial charge < -0.3 is 10.5 Å². The molecule has 2 rings (SSSR count). The Labute approximate surface area is 106 Å². The van der Waals surface area contributed by atoms with Gasteiger partial charge in [0.1, 0.15) is 12.4 Å². The predicted octanol–water partition coefficient (Wildman–Crippen LogP) is 1.51. The van der Waals surface area contributed by atoms with Gasteiger partial charge in [-0.3, -0.25) is 4.68 Å². The third-order valence-electron chi connectivity index (χ3n) is 3.08. The Morgan fingerprint density at radius 1 is 1.33 bits per heavy atom. The summed E-state index contributed by atoms with van der Waals surface area (Å²) >= 11 is 0. The van der Waals surface area contributed by atoms with Gasteiger partial charge in [-0.1, -0.05) is 13.8 Å². The van der Waals surface area contributed by atoms with E-state index in [0.717, 1.165) is 11.0 Å². The molecule has 1 atom stereocenters. The van der Waals surface area contributed by atoms with Crippen molar-refractivity contribution in [2.45, 2.75) is 33.5 Å². The first-order valence-electron chi connectivity index (χ1n) is 6.04. The smallest absolute Gasteiger partial charge is 0.163 e. The number of nitrogens with two attached hydrogens (primary N) is 1. The van der Waals surface area contributed by atoms with Crippen molar-refractivity contribution in [1.82, 2.24) is 19.7 Å². The molecule has 18 heavy (non-hydrogen) atoms. The molecule has 0 saturated carbocycles. The highest BCUT2D eigenvalue weighted by Gasteiger charge is 2.12. The van der Waals surface area contributed by atoms with E-state index in [0.29, 0.717) is 24.2 Å². The average Bonchev–Trinajstić information content (AvgIpc) is 2.68. The molecule has 2 aromatic heterocycles. The van der Waals surface area contributed by atoms with Crippen LogP contribution in [0, 0.1) is 5.92 Å². The third kappa shape index (κ3) is 2.43. The van der Waals surface area contributed by atoms with Crippen LogP contribution < -0.4 is 5.73 Å². The van der Waals surface area contributed by atoms with Crippen molar-refractivity contribution < 1.29 is 4.74 Å². The number of anilines is 1. The number of fused-ring (bicyclic) bond motifs is 1. The molecule has 0 amide bonds. The molecule has 0 spiro atoms. The van der Waals surface area contributed by atoms with Crippen LogP contribution in [0.2, 0.25) is 0 Å². The van der Waals surface area contributed by atoms with E-state index in [1.54, 1.807) is 10.9 Å². The summed E-state index contributed by atoms with van der Waals surface area (Å²) in [6.45, 7) is 6.63. The van der Waals surface area contributed by atoms with Crippen LogP contribution in [0.3, 0.4) is 0 Å². The highest BCUT2D eigenvalue weighted by molar-refractivity contribution is 5.84. The summed E-state index contributed by atoms with van der Waals surface area (Å²) in [6.07, 6.45) is 1.84. The first-order valence-corrected chi connectivity index (χ1v) is 6.04. The van der Waals surface area contributed by atoms with Crippen LogP contribution >= 0.6 is 0 Å². The Morgan fingerprint density at radius 2 is 2.06 bits per heavy atom. The second-order valence-corrected chi connectivity index (χ2v) is 4.79. The van der Waals surface area contributed by atoms with Crippen LogP contribution in [0.5, 0.6) is 0 Å². The Hall–Kier alpha value is -1.69. The summed E-state index contributed by atoms with van der Waals surface area (Å²) in [5.41, 5.74) is 6.61. The largest absolute Gasteiger partial charge is 0.383 e. The molecule has 0 aliphatic heterocycles. The Morgan fingerprint density at radius 3 is 2.72 bits per heavy atom. The van der Waals surface area contributed by atoms with Gasteiger partial charge in [-0.15, -0.1) is 0 Å².